The van der Waals surface area contributed by atoms with Crippen LogP contribution in [0.3, 0.4) is 0 Å². The van der Waals surface area contributed by atoms with Crippen LogP contribution in [0.25, 0.3) is 0 Å². The summed E-state index contributed by atoms with van der Waals surface area (Å²) >= 11 is 0. The molecule has 0 aliphatic carbocycles. The van der Waals surface area contributed by atoms with Gasteiger partial charge in [0.05, 0.1) is 7.11 Å². The average Bonchev–Trinajstić information content (AvgIpc) is 2.87. The van der Waals surface area contributed by atoms with Gasteiger partial charge in [0.25, 0.3) is 0 Å². The number of esters is 1. The molecular formula is C17H26ClNO3. The largest absolute Gasteiger partial charge is 0.489 e. The van der Waals surface area contributed by atoms with Crippen LogP contribution in [0, 0.1) is 6.92 Å². The second-order valence-electron chi connectivity index (χ2n) is 6.71. The van der Waals surface area contributed by atoms with Crippen molar-refractivity contribution in [3.8, 4) is 5.75 Å². The van der Waals surface area contributed by atoms with Crippen molar-refractivity contribution in [1.82, 2.24) is 5.32 Å². The Labute approximate surface area is 139 Å². The second-order valence-corrected chi connectivity index (χ2v) is 6.71. The SMILES string of the molecule is COC(=O)[C@@H]1C[C@@H](Oc2ccc(C)cc2C(C)(C)C)CN1.Cl. The highest BCUT2D eigenvalue weighted by Gasteiger charge is 2.32. The van der Waals surface area contributed by atoms with Crippen molar-refractivity contribution in [3.63, 3.8) is 0 Å². The van der Waals surface area contributed by atoms with Crippen LogP contribution in [-0.4, -0.2) is 31.8 Å². The zero-order valence-electron chi connectivity index (χ0n) is 13.9. The van der Waals surface area contributed by atoms with E-state index in [1.54, 1.807) is 0 Å². The molecule has 0 aromatic heterocycles. The van der Waals surface area contributed by atoms with Crippen LogP contribution in [0.4, 0.5) is 0 Å². The van der Waals surface area contributed by atoms with Crippen molar-refractivity contribution < 1.29 is 14.3 Å². The van der Waals surface area contributed by atoms with E-state index in [1.807, 2.05) is 6.07 Å². The Morgan fingerprint density at radius 2 is 2.00 bits per heavy atom. The molecule has 0 spiro atoms. The Hall–Kier alpha value is -1.26. The van der Waals surface area contributed by atoms with Crippen molar-refractivity contribution in [2.75, 3.05) is 13.7 Å². The minimum atomic E-state index is -0.261. The highest BCUT2D eigenvalue weighted by Crippen LogP contribution is 2.33. The number of carbonyl (C=O) groups excluding carboxylic acids is 1. The van der Waals surface area contributed by atoms with E-state index in [4.69, 9.17) is 9.47 Å². The van der Waals surface area contributed by atoms with Crippen LogP contribution in [0.2, 0.25) is 0 Å². The van der Waals surface area contributed by atoms with Gasteiger partial charge in [0.15, 0.2) is 0 Å². The summed E-state index contributed by atoms with van der Waals surface area (Å²) in [5.41, 5.74) is 2.45. The second kappa shape index (κ2) is 7.34. The predicted molar refractivity (Wildman–Crippen MR) is 90.0 cm³/mol. The summed E-state index contributed by atoms with van der Waals surface area (Å²) in [6.45, 7) is 9.29. The van der Waals surface area contributed by atoms with Gasteiger partial charge in [-0.3, -0.25) is 4.79 Å². The topological polar surface area (TPSA) is 47.6 Å². The smallest absolute Gasteiger partial charge is 0.323 e. The molecule has 1 aliphatic rings. The van der Waals surface area contributed by atoms with E-state index in [9.17, 15) is 4.79 Å². The van der Waals surface area contributed by atoms with E-state index >= 15 is 0 Å². The molecule has 1 saturated heterocycles. The van der Waals surface area contributed by atoms with Gasteiger partial charge >= 0.3 is 5.97 Å². The van der Waals surface area contributed by atoms with Gasteiger partial charge in [0.1, 0.15) is 17.9 Å². The molecule has 0 radical (unpaired) electrons. The molecule has 0 unspecified atom stereocenters. The highest BCUT2D eigenvalue weighted by molar-refractivity contribution is 5.85. The number of aryl methyl sites for hydroxylation is 1. The maximum Gasteiger partial charge on any atom is 0.323 e. The maximum absolute atomic E-state index is 11.5. The third-order valence-corrected chi connectivity index (χ3v) is 3.81. The number of nitrogens with one attached hydrogen (secondary N) is 1. The van der Waals surface area contributed by atoms with Crippen LogP contribution in [-0.2, 0) is 14.9 Å². The van der Waals surface area contributed by atoms with E-state index in [1.165, 1.54) is 18.2 Å². The van der Waals surface area contributed by atoms with Crippen LogP contribution in [0.1, 0.15) is 38.3 Å². The number of benzene rings is 1. The third kappa shape index (κ3) is 4.37. The quantitative estimate of drug-likeness (QED) is 0.867. The fourth-order valence-electron chi connectivity index (χ4n) is 2.63. The Morgan fingerprint density at radius 3 is 2.59 bits per heavy atom. The molecule has 1 aliphatic heterocycles. The fraction of sp³-hybridized carbons (Fsp3) is 0.588. The molecule has 2 rings (SSSR count). The fourth-order valence-corrected chi connectivity index (χ4v) is 2.63. The van der Waals surface area contributed by atoms with E-state index in [2.05, 4.69) is 45.1 Å². The number of ether oxygens (including phenoxy) is 2. The van der Waals surface area contributed by atoms with Gasteiger partial charge in [-0.1, -0.05) is 38.5 Å². The van der Waals surface area contributed by atoms with Crippen LogP contribution in [0.5, 0.6) is 5.75 Å². The van der Waals surface area contributed by atoms with E-state index < -0.39 is 0 Å². The summed E-state index contributed by atoms with van der Waals surface area (Å²) in [6, 6.07) is 6.00. The predicted octanol–water partition coefficient (Wildman–Crippen LogP) is 3.00. The zero-order chi connectivity index (χ0) is 15.6. The molecule has 5 heteroatoms. The van der Waals surface area contributed by atoms with Crippen molar-refractivity contribution in [1.29, 1.82) is 0 Å². The Balaban J connectivity index is 0.00000242. The monoisotopic (exact) mass is 327 g/mol. The first kappa shape index (κ1) is 18.8. The summed E-state index contributed by atoms with van der Waals surface area (Å²) in [5, 5.41) is 3.15. The Bertz CT molecular complexity index is 525. The number of hydrogen-bond acceptors (Lipinski definition) is 4. The van der Waals surface area contributed by atoms with E-state index in [-0.39, 0.29) is 35.9 Å². The average molecular weight is 328 g/mol. The molecule has 4 nitrogen and oxygen atoms in total. The molecule has 0 bridgehead atoms. The maximum atomic E-state index is 11.5. The van der Waals surface area contributed by atoms with E-state index in [0.29, 0.717) is 13.0 Å². The minimum absolute atomic E-state index is 0. The summed E-state index contributed by atoms with van der Waals surface area (Å²) in [6.07, 6.45) is 0.641. The molecule has 22 heavy (non-hydrogen) atoms. The highest BCUT2D eigenvalue weighted by atomic mass is 35.5. The van der Waals surface area contributed by atoms with E-state index in [0.717, 1.165) is 5.75 Å². The molecule has 1 aromatic rings. The van der Waals surface area contributed by atoms with Crippen molar-refractivity contribution >= 4 is 18.4 Å². The molecule has 124 valence electrons. The number of methoxy groups -OCH3 is 1. The lowest BCUT2D eigenvalue weighted by Crippen LogP contribution is -2.31. The van der Waals surface area contributed by atoms with Crippen molar-refractivity contribution in [3.05, 3.63) is 29.3 Å². The summed E-state index contributed by atoms with van der Waals surface area (Å²) < 4.78 is 10.9. The lowest BCUT2D eigenvalue weighted by Gasteiger charge is -2.25. The van der Waals surface area contributed by atoms with Gasteiger partial charge in [-0.2, -0.15) is 0 Å². The van der Waals surface area contributed by atoms with Gasteiger partial charge in [0.2, 0.25) is 0 Å². The number of halogens is 1. The molecule has 0 saturated carbocycles. The van der Waals surface area contributed by atoms with Gasteiger partial charge in [-0.05, 0) is 24.0 Å². The van der Waals surface area contributed by atoms with Crippen molar-refractivity contribution in [2.45, 2.75) is 51.7 Å². The number of rotatable bonds is 3. The zero-order valence-corrected chi connectivity index (χ0v) is 14.8. The number of hydrogen-bond donors (Lipinski definition) is 1. The standard InChI is InChI=1S/C17H25NO3.ClH/c1-11-6-7-15(13(8-11)17(2,3)4)21-12-9-14(18-10-12)16(19)20-5;/h6-8,12,14,18H,9-10H2,1-5H3;1H/t12-,14+;/m1./s1. The van der Waals surface area contributed by atoms with Crippen LogP contribution >= 0.6 is 12.4 Å². The summed E-state index contributed by atoms with van der Waals surface area (Å²) in [5.74, 6) is 0.687. The summed E-state index contributed by atoms with van der Waals surface area (Å²) in [7, 11) is 1.41. The van der Waals surface area contributed by atoms with Gasteiger partial charge in [-0.15, -0.1) is 12.4 Å². The molecule has 1 N–H and O–H groups in total. The van der Waals surface area contributed by atoms with Gasteiger partial charge < -0.3 is 14.8 Å². The first-order valence-electron chi connectivity index (χ1n) is 7.40. The molecule has 1 fully saturated rings. The molecule has 2 atom stereocenters. The molecular weight excluding hydrogens is 302 g/mol. The lowest BCUT2D eigenvalue weighted by molar-refractivity contribution is -0.142. The van der Waals surface area contributed by atoms with Crippen molar-refractivity contribution in [2.24, 2.45) is 0 Å². The molecule has 1 aromatic carbocycles. The van der Waals surface area contributed by atoms with Gasteiger partial charge in [-0.25, -0.2) is 0 Å². The summed E-state index contributed by atoms with van der Waals surface area (Å²) in [4.78, 5) is 11.5. The first-order chi connectivity index (χ1) is 9.81. The Morgan fingerprint density at radius 1 is 1.32 bits per heavy atom. The van der Waals surface area contributed by atoms with Crippen LogP contribution in [0.15, 0.2) is 18.2 Å². The lowest BCUT2D eigenvalue weighted by atomic mass is 9.85. The molecule has 0 amide bonds. The Kier molecular flexibility index (Phi) is 6.27. The normalized spacial score (nSPS) is 21.1. The minimum Gasteiger partial charge on any atom is -0.489 e. The van der Waals surface area contributed by atoms with Crippen LogP contribution < -0.4 is 10.1 Å². The first-order valence-corrected chi connectivity index (χ1v) is 7.40. The van der Waals surface area contributed by atoms with Gasteiger partial charge in [0, 0.05) is 13.0 Å². The third-order valence-electron chi connectivity index (χ3n) is 3.81. The number of carbonyl (C=O) groups is 1. The molecule has 1 heterocycles.